The van der Waals surface area contributed by atoms with Crippen LogP contribution in [0.4, 0.5) is 0 Å². The first-order chi connectivity index (χ1) is 9.52. The highest BCUT2D eigenvalue weighted by Crippen LogP contribution is 2.32. The molecule has 106 valence electrons. The minimum absolute atomic E-state index is 0.0599. The maximum Gasteiger partial charge on any atom is 0.246 e. The molecule has 0 spiro atoms. The second kappa shape index (κ2) is 5.90. The maximum atomic E-state index is 12.0. The van der Waals surface area contributed by atoms with E-state index < -0.39 is 0 Å². The van der Waals surface area contributed by atoms with Gasteiger partial charge in [-0.3, -0.25) is 9.59 Å². The van der Waals surface area contributed by atoms with Crippen LogP contribution in [-0.4, -0.2) is 36.3 Å². The summed E-state index contributed by atoms with van der Waals surface area (Å²) in [6, 6.07) is 8.36. The topological polar surface area (TPSA) is 49.4 Å². The normalized spacial score (nSPS) is 20.1. The van der Waals surface area contributed by atoms with Crippen molar-refractivity contribution in [2.75, 3.05) is 13.6 Å². The highest BCUT2D eigenvalue weighted by molar-refractivity contribution is 5.90. The van der Waals surface area contributed by atoms with Crippen molar-refractivity contribution in [2.45, 2.75) is 25.3 Å². The maximum absolute atomic E-state index is 12.0. The van der Waals surface area contributed by atoms with Crippen molar-refractivity contribution in [1.29, 1.82) is 0 Å². The molecule has 1 aliphatic carbocycles. The number of hydrogen-bond donors (Lipinski definition) is 1. The fraction of sp³-hybridized carbons (Fsp3) is 0.375. The predicted molar refractivity (Wildman–Crippen MR) is 78.3 cm³/mol. The molecule has 0 radical (unpaired) electrons. The Kier molecular flexibility index (Phi) is 4.23. The van der Waals surface area contributed by atoms with Crippen LogP contribution >= 0.6 is 0 Å². The molecule has 0 bridgehead atoms. The number of amides is 2. The Morgan fingerprint density at radius 2 is 2.15 bits per heavy atom. The number of fused-ring (bicyclic) bond motifs is 1. The Morgan fingerprint density at radius 3 is 2.80 bits per heavy atom. The quantitative estimate of drug-likeness (QED) is 0.844. The molecule has 0 aliphatic heterocycles. The van der Waals surface area contributed by atoms with E-state index in [4.69, 9.17) is 0 Å². The molecule has 2 rings (SSSR count). The molecule has 0 fully saturated rings. The molecule has 1 aromatic carbocycles. The third kappa shape index (κ3) is 2.90. The zero-order valence-corrected chi connectivity index (χ0v) is 11.9. The summed E-state index contributed by atoms with van der Waals surface area (Å²) in [5.41, 5.74) is 2.59. The van der Waals surface area contributed by atoms with Gasteiger partial charge < -0.3 is 10.2 Å². The molecule has 0 saturated heterocycles. The number of rotatable bonds is 4. The highest BCUT2D eigenvalue weighted by atomic mass is 16.2. The fourth-order valence-corrected chi connectivity index (χ4v) is 2.67. The number of likely N-dealkylation sites (N-methyl/N-ethyl adjacent to an activating group) is 1. The summed E-state index contributed by atoms with van der Waals surface area (Å²) in [6.07, 6.45) is 2.06. The van der Waals surface area contributed by atoms with Gasteiger partial charge in [-0.05, 0) is 23.6 Å². The molecule has 4 heteroatoms. The molecule has 1 aliphatic rings. The molecule has 0 heterocycles. The third-order valence-electron chi connectivity index (χ3n) is 3.87. The third-order valence-corrected chi connectivity index (χ3v) is 3.87. The van der Waals surface area contributed by atoms with Crippen LogP contribution in [0, 0.1) is 0 Å². The second-order valence-electron chi connectivity index (χ2n) is 5.26. The number of carbonyl (C=O) groups excluding carboxylic acids is 2. The fourth-order valence-electron chi connectivity index (χ4n) is 2.67. The summed E-state index contributed by atoms with van der Waals surface area (Å²) < 4.78 is 0. The van der Waals surface area contributed by atoms with E-state index in [0.717, 1.165) is 6.42 Å². The standard InChI is InChI=1S/C16H20N2O2/c1-4-16(20)18(3)10-15(19)17-14-9-12-7-5-6-8-13(12)11(14)2/h4-8,11,14H,1,9-10H2,2-3H3,(H,17,19)/t11-,14+/m0/s1. The summed E-state index contributed by atoms with van der Waals surface area (Å²) in [7, 11) is 1.59. The zero-order chi connectivity index (χ0) is 14.7. The molecular formula is C16H20N2O2. The molecule has 20 heavy (non-hydrogen) atoms. The van der Waals surface area contributed by atoms with E-state index in [0.29, 0.717) is 5.92 Å². The molecule has 0 saturated carbocycles. The Bertz CT molecular complexity index is 539. The minimum Gasteiger partial charge on any atom is -0.351 e. The van der Waals surface area contributed by atoms with Crippen LogP contribution in [0.3, 0.4) is 0 Å². The zero-order valence-electron chi connectivity index (χ0n) is 11.9. The van der Waals surface area contributed by atoms with Crippen molar-refractivity contribution in [3.05, 3.63) is 48.0 Å². The van der Waals surface area contributed by atoms with Crippen LogP contribution < -0.4 is 5.32 Å². The Hall–Kier alpha value is -2.10. The first-order valence-electron chi connectivity index (χ1n) is 6.77. The summed E-state index contributed by atoms with van der Waals surface area (Å²) in [4.78, 5) is 24.7. The van der Waals surface area contributed by atoms with Crippen LogP contribution in [0.1, 0.15) is 24.0 Å². The number of nitrogens with one attached hydrogen (secondary N) is 1. The van der Waals surface area contributed by atoms with E-state index in [9.17, 15) is 9.59 Å². The van der Waals surface area contributed by atoms with E-state index in [1.807, 2.05) is 12.1 Å². The van der Waals surface area contributed by atoms with Gasteiger partial charge in [0.2, 0.25) is 11.8 Å². The SMILES string of the molecule is C=CC(=O)N(C)CC(=O)N[C@@H]1Cc2ccccc2[C@@H]1C. The van der Waals surface area contributed by atoms with Crippen molar-refractivity contribution in [1.82, 2.24) is 10.2 Å². The number of hydrogen-bond acceptors (Lipinski definition) is 2. The number of benzene rings is 1. The van der Waals surface area contributed by atoms with Crippen LogP contribution in [0.25, 0.3) is 0 Å². The molecule has 1 N–H and O–H groups in total. The predicted octanol–water partition coefficient (Wildman–Crippen LogP) is 1.48. The van der Waals surface area contributed by atoms with Crippen molar-refractivity contribution in [2.24, 2.45) is 0 Å². The van der Waals surface area contributed by atoms with Gasteiger partial charge in [0.1, 0.15) is 0 Å². The van der Waals surface area contributed by atoms with E-state index in [1.165, 1.54) is 22.1 Å². The van der Waals surface area contributed by atoms with Gasteiger partial charge in [0.15, 0.2) is 0 Å². The summed E-state index contributed by atoms with van der Waals surface area (Å²) in [6.45, 7) is 5.59. The Labute approximate surface area is 119 Å². The van der Waals surface area contributed by atoms with Gasteiger partial charge in [-0.2, -0.15) is 0 Å². The summed E-state index contributed by atoms with van der Waals surface area (Å²) in [5, 5.41) is 3.02. The van der Waals surface area contributed by atoms with E-state index in [2.05, 4.69) is 31.0 Å². The van der Waals surface area contributed by atoms with Crippen molar-refractivity contribution >= 4 is 11.8 Å². The lowest BCUT2D eigenvalue weighted by atomic mass is 10.0. The van der Waals surface area contributed by atoms with Gasteiger partial charge in [-0.15, -0.1) is 0 Å². The molecule has 0 unspecified atom stereocenters. The van der Waals surface area contributed by atoms with Gasteiger partial charge in [-0.1, -0.05) is 37.8 Å². The van der Waals surface area contributed by atoms with Gasteiger partial charge in [0, 0.05) is 19.0 Å². The van der Waals surface area contributed by atoms with Crippen LogP contribution in [0.2, 0.25) is 0 Å². The molecule has 2 amide bonds. The van der Waals surface area contributed by atoms with Crippen LogP contribution in [0.15, 0.2) is 36.9 Å². The molecular weight excluding hydrogens is 252 g/mol. The van der Waals surface area contributed by atoms with Crippen molar-refractivity contribution in [3.8, 4) is 0 Å². The van der Waals surface area contributed by atoms with Crippen molar-refractivity contribution in [3.63, 3.8) is 0 Å². The first-order valence-corrected chi connectivity index (χ1v) is 6.77. The van der Waals surface area contributed by atoms with Gasteiger partial charge >= 0.3 is 0 Å². The first kappa shape index (κ1) is 14.3. The summed E-state index contributed by atoms with van der Waals surface area (Å²) in [5.74, 6) is -0.0779. The monoisotopic (exact) mass is 272 g/mol. The Balaban J connectivity index is 1.94. The molecule has 4 nitrogen and oxygen atoms in total. The molecule has 0 aromatic heterocycles. The number of nitrogens with zero attached hydrogens (tertiary/aromatic N) is 1. The lowest BCUT2D eigenvalue weighted by Crippen LogP contribution is -2.43. The second-order valence-corrected chi connectivity index (χ2v) is 5.26. The van der Waals surface area contributed by atoms with Gasteiger partial charge in [0.05, 0.1) is 6.54 Å². The smallest absolute Gasteiger partial charge is 0.246 e. The molecule has 2 atom stereocenters. The van der Waals surface area contributed by atoms with Crippen LogP contribution in [0.5, 0.6) is 0 Å². The largest absolute Gasteiger partial charge is 0.351 e. The average Bonchev–Trinajstić information content (AvgIpc) is 2.74. The number of carbonyl (C=O) groups is 2. The highest BCUT2D eigenvalue weighted by Gasteiger charge is 2.29. The van der Waals surface area contributed by atoms with Gasteiger partial charge in [0.25, 0.3) is 0 Å². The molecule has 1 aromatic rings. The van der Waals surface area contributed by atoms with Gasteiger partial charge in [-0.25, -0.2) is 0 Å². The van der Waals surface area contributed by atoms with E-state index in [1.54, 1.807) is 7.05 Å². The minimum atomic E-state index is -0.247. The Morgan fingerprint density at radius 1 is 1.45 bits per heavy atom. The van der Waals surface area contributed by atoms with E-state index >= 15 is 0 Å². The lowest BCUT2D eigenvalue weighted by molar-refractivity contribution is -0.131. The van der Waals surface area contributed by atoms with E-state index in [-0.39, 0.29) is 24.4 Å². The average molecular weight is 272 g/mol. The lowest BCUT2D eigenvalue weighted by Gasteiger charge is -2.20. The van der Waals surface area contributed by atoms with Crippen LogP contribution in [-0.2, 0) is 16.0 Å². The summed E-state index contributed by atoms with van der Waals surface area (Å²) >= 11 is 0. The van der Waals surface area contributed by atoms with Crippen molar-refractivity contribution < 1.29 is 9.59 Å².